The lowest BCUT2D eigenvalue weighted by atomic mass is 10.4. The Kier molecular flexibility index (Phi) is 5.25. The maximum atomic E-state index is 8.68. The van der Waals surface area contributed by atoms with E-state index in [0.29, 0.717) is 0 Å². The quantitative estimate of drug-likeness (QED) is 0.472. The molecule has 0 unspecified atom stereocenters. The van der Waals surface area contributed by atoms with Crippen molar-refractivity contribution in [2.45, 2.75) is 0 Å². The van der Waals surface area contributed by atoms with Crippen LogP contribution in [-0.4, -0.2) is 15.1 Å². The lowest BCUT2D eigenvalue weighted by Crippen LogP contribution is -2.04. The fourth-order valence-corrected chi connectivity index (χ4v) is 0.492. The molecule has 6 nitrogen and oxygen atoms in total. The van der Waals surface area contributed by atoms with Crippen LogP contribution in [0.5, 0.6) is 6.01 Å². The highest BCUT2D eigenvalue weighted by Gasteiger charge is 2.03. The number of hydrogen-bond donors (Lipinski definition) is 4. The van der Waals surface area contributed by atoms with Gasteiger partial charge in [0, 0.05) is 0 Å². The molecular formula is C4H9Cl2N5O. The van der Waals surface area contributed by atoms with E-state index in [4.69, 9.17) is 22.3 Å². The van der Waals surface area contributed by atoms with E-state index in [1.807, 2.05) is 0 Å². The van der Waals surface area contributed by atoms with E-state index in [1.54, 1.807) is 0 Å². The van der Waals surface area contributed by atoms with Gasteiger partial charge in [-0.05, 0) is 0 Å². The molecule has 0 bridgehead atoms. The monoisotopic (exact) mass is 213 g/mol. The molecule has 70 valence electrons. The minimum atomic E-state index is -0.468. The van der Waals surface area contributed by atoms with Gasteiger partial charge in [0.1, 0.15) is 5.69 Å². The van der Waals surface area contributed by atoms with Gasteiger partial charge in [-0.2, -0.15) is 9.97 Å². The summed E-state index contributed by atoms with van der Waals surface area (Å²) in [7, 11) is 0. The molecule has 0 fully saturated rings. The Morgan fingerprint density at radius 2 is 1.25 bits per heavy atom. The Labute approximate surface area is 81.0 Å². The van der Waals surface area contributed by atoms with E-state index < -0.39 is 6.01 Å². The Morgan fingerprint density at radius 3 is 1.58 bits per heavy atom. The smallest absolute Gasteiger partial charge is 0.317 e. The van der Waals surface area contributed by atoms with Gasteiger partial charge in [-0.25, -0.2) is 0 Å². The van der Waals surface area contributed by atoms with Crippen LogP contribution in [0.4, 0.5) is 17.3 Å². The first kappa shape index (κ1) is 13.4. The fraction of sp³-hybridized carbons (Fsp3) is 0. The van der Waals surface area contributed by atoms with Crippen molar-refractivity contribution in [1.82, 2.24) is 9.97 Å². The average molecular weight is 214 g/mol. The zero-order valence-electron chi connectivity index (χ0n) is 5.89. The van der Waals surface area contributed by atoms with E-state index >= 15 is 0 Å². The van der Waals surface area contributed by atoms with E-state index in [1.165, 1.54) is 0 Å². The van der Waals surface area contributed by atoms with Crippen molar-refractivity contribution < 1.29 is 5.11 Å². The predicted octanol–water partition coefficient (Wildman–Crippen LogP) is -0.228. The zero-order chi connectivity index (χ0) is 7.72. The van der Waals surface area contributed by atoms with Crippen molar-refractivity contribution in [2.24, 2.45) is 0 Å². The molecule has 1 aromatic rings. The zero-order valence-corrected chi connectivity index (χ0v) is 7.52. The van der Waals surface area contributed by atoms with Gasteiger partial charge in [0.15, 0.2) is 11.6 Å². The van der Waals surface area contributed by atoms with E-state index in [-0.39, 0.29) is 42.1 Å². The molecule has 1 heterocycles. The highest BCUT2D eigenvalue weighted by Crippen LogP contribution is 2.19. The summed E-state index contributed by atoms with van der Waals surface area (Å²) < 4.78 is 0. The van der Waals surface area contributed by atoms with Crippen LogP contribution in [0.25, 0.3) is 0 Å². The summed E-state index contributed by atoms with van der Waals surface area (Å²) in [4.78, 5) is 6.70. The normalized spacial score (nSPS) is 8.00. The highest BCUT2D eigenvalue weighted by molar-refractivity contribution is 5.85. The largest absolute Gasteiger partial charge is 0.479 e. The van der Waals surface area contributed by atoms with Gasteiger partial charge >= 0.3 is 6.01 Å². The Morgan fingerprint density at radius 1 is 0.917 bits per heavy atom. The lowest BCUT2D eigenvalue weighted by molar-refractivity contribution is 0.433. The van der Waals surface area contributed by atoms with Gasteiger partial charge < -0.3 is 22.3 Å². The van der Waals surface area contributed by atoms with Crippen molar-refractivity contribution in [2.75, 3.05) is 17.2 Å². The van der Waals surface area contributed by atoms with Crippen LogP contribution in [-0.2, 0) is 0 Å². The first-order valence-electron chi connectivity index (χ1n) is 2.48. The number of nitrogen functional groups attached to an aromatic ring is 3. The molecule has 7 N–H and O–H groups in total. The van der Waals surface area contributed by atoms with Crippen LogP contribution in [0.15, 0.2) is 0 Å². The second-order valence-electron chi connectivity index (χ2n) is 1.71. The van der Waals surface area contributed by atoms with Crippen molar-refractivity contribution in [3.8, 4) is 6.01 Å². The first-order valence-corrected chi connectivity index (χ1v) is 2.48. The molecule has 8 heteroatoms. The number of anilines is 3. The first-order chi connectivity index (χ1) is 4.61. The minimum absolute atomic E-state index is 0. The maximum Gasteiger partial charge on any atom is 0.317 e. The van der Waals surface area contributed by atoms with Gasteiger partial charge in [0.2, 0.25) is 0 Å². The van der Waals surface area contributed by atoms with Gasteiger partial charge in [-0.1, -0.05) is 0 Å². The minimum Gasteiger partial charge on any atom is -0.479 e. The molecule has 0 aliphatic rings. The second kappa shape index (κ2) is 4.68. The van der Waals surface area contributed by atoms with Crippen molar-refractivity contribution in [3.05, 3.63) is 0 Å². The number of aromatic nitrogens is 2. The summed E-state index contributed by atoms with van der Waals surface area (Å²) >= 11 is 0. The average Bonchev–Trinajstić information content (AvgIpc) is 1.82. The Bertz CT molecular complexity index is 245. The van der Waals surface area contributed by atoms with E-state index in [0.717, 1.165) is 0 Å². The second-order valence-corrected chi connectivity index (χ2v) is 1.71. The van der Waals surface area contributed by atoms with Crippen molar-refractivity contribution in [3.63, 3.8) is 0 Å². The summed E-state index contributed by atoms with van der Waals surface area (Å²) in [5.41, 5.74) is 15.8. The molecule has 0 radical (unpaired) electrons. The van der Waals surface area contributed by atoms with E-state index in [2.05, 4.69) is 9.97 Å². The van der Waals surface area contributed by atoms with Crippen LogP contribution >= 0.6 is 24.8 Å². The summed E-state index contributed by atoms with van der Waals surface area (Å²) in [6, 6.07) is -0.468. The molecule has 0 aliphatic heterocycles. The molecule has 1 rings (SSSR count). The number of nitrogens with two attached hydrogens (primary N) is 3. The molecule has 0 aromatic carbocycles. The lowest BCUT2D eigenvalue weighted by Gasteiger charge is -2.00. The molecule has 0 saturated carbocycles. The van der Waals surface area contributed by atoms with Gasteiger partial charge in [0.05, 0.1) is 0 Å². The number of rotatable bonds is 0. The summed E-state index contributed by atoms with van der Waals surface area (Å²) in [6.45, 7) is 0. The maximum absolute atomic E-state index is 8.68. The van der Waals surface area contributed by atoms with Crippen LogP contribution in [0, 0.1) is 0 Å². The summed E-state index contributed by atoms with van der Waals surface area (Å²) in [6.07, 6.45) is 0. The van der Waals surface area contributed by atoms with Gasteiger partial charge in [0.25, 0.3) is 0 Å². The number of aromatic hydroxyl groups is 1. The summed E-state index contributed by atoms with van der Waals surface area (Å²) in [5.74, 6) is -0.0185. The van der Waals surface area contributed by atoms with Gasteiger partial charge in [-0.15, -0.1) is 24.8 Å². The van der Waals surface area contributed by atoms with Crippen LogP contribution in [0.2, 0.25) is 0 Å². The third-order valence-electron chi connectivity index (χ3n) is 0.993. The highest BCUT2D eigenvalue weighted by atomic mass is 35.5. The van der Waals surface area contributed by atoms with Gasteiger partial charge in [-0.3, -0.25) is 0 Å². The van der Waals surface area contributed by atoms with Crippen LogP contribution in [0.3, 0.4) is 0 Å². The summed E-state index contributed by atoms with van der Waals surface area (Å²) in [5, 5.41) is 8.68. The molecule has 0 aliphatic carbocycles. The molecule has 0 saturated heterocycles. The SMILES string of the molecule is Cl.Cl.Nc1nc(O)nc(N)c1N. The van der Waals surface area contributed by atoms with Crippen LogP contribution < -0.4 is 17.2 Å². The van der Waals surface area contributed by atoms with Crippen molar-refractivity contribution >= 4 is 42.1 Å². The number of hydrogen-bond acceptors (Lipinski definition) is 6. The Hall–Kier alpha value is -1.14. The van der Waals surface area contributed by atoms with Crippen molar-refractivity contribution in [1.29, 1.82) is 0 Å². The number of nitrogens with zero attached hydrogens (tertiary/aromatic N) is 2. The molecule has 0 amide bonds. The third-order valence-corrected chi connectivity index (χ3v) is 0.993. The molecule has 0 spiro atoms. The van der Waals surface area contributed by atoms with Crippen LogP contribution in [0.1, 0.15) is 0 Å². The van der Waals surface area contributed by atoms with E-state index in [9.17, 15) is 0 Å². The third kappa shape index (κ3) is 2.48. The topological polar surface area (TPSA) is 124 Å². The molecule has 1 aromatic heterocycles. The standard InChI is InChI=1S/C4H7N5O.2ClH/c5-1-2(6)8-4(10)9-3(1)7;;/h5H2,(H5,6,7,8,9,10);2*1H. The number of halogens is 2. The predicted molar refractivity (Wildman–Crippen MR) is 51.4 cm³/mol. The fourth-order valence-electron chi connectivity index (χ4n) is 0.492. The molecule has 12 heavy (non-hydrogen) atoms. The Balaban J connectivity index is 0. The molecule has 0 atom stereocenters. The molecular weight excluding hydrogens is 205 g/mol.